The second kappa shape index (κ2) is 6.75. The predicted molar refractivity (Wildman–Crippen MR) is 99.5 cm³/mol. The first-order valence-corrected chi connectivity index (χ1v) is 8.95. The van der Waals surface area contributed by atoms with Gasteiger partial charge in [0.05, 0.1) is 18.7 Å². The molecule has 6 heteroatoms. The van der Waals surface area contributed by atoms with Crippen LogP contribution in [0.4, 0.5) is 11.5 Å². The molecule has 2 aliphatic heterocycles. The van der Waals surface area contributed by atoms with Gasteiger partial charge in [-0.3, -0.25) is 0 Å². The first-order valence-electron chi connectivity index (χ1n) is 8.57. The summed E-state index contributed by atoms with van der Waals surface area (Å²) in [5, 5.41) is 1.91. The van der Waals surface area contributed by atoms with E-state index in [1.165, 1.54) is 5.69 Å². The van der Waals surface area contributed by atoms with Gasteiger partial charge in [0.25, 0.3) is 0 Å². The Bertz CT molecular complexity index is 724. The highest BCUT2D eigenvalue weighted by atomic mass is 35.5. The molecule has 0 aliphatic carbocycles. The highest BCUT2D eigenvalue weighted by Gasteiger charge is 2.20. The van der Waals surface area contributed by atoms with Crippen molar-refractivity contribution in [3.05, 3.63) is 29.3 Å². The molecular weight excluding hydrogens is 324 g/mol. The minimum atomic E-state index is 0.763. The lowest BCUT2D eigenvalue weighted by molar-refractivity contribution is 0.122. The third kappa shape index (κ3) is 3.16. The normalized spacial score (nSPS) is 19.9. The maximum absolute atomic E-state index is 6.26. The van der Waals surface area contributed by atoms with Gasteiger partial charge in [-0.15, -0.1) is 0 Å². The standard InChI is InChI=1S/C18H23ClN4O/c1-21-4-6-22(7-5-21)17-13-18(23-8-10-24-11-9-23)20-16-3-2-14(19)12-15(16)17/h2-3,12-13H,4-11H2,1H3. The fourth-order valence-electron chi connectivity index (χ4n) is 3.43. The number of piperazine rings is 1. The second-order valence-corrected chi connectivity index (χ2v) is 6.99. The molecule has 0 radical (unpaired) electrons. The lowest BCUT2D eigenvalue weighted by atomic mass is 10.1. The lowest BCUT2D eigenvalue weighted by Crippen LogP contribution is -2.44. The number of hydrogen-bond acceptors (Lipinski definition) is 5. The van der Waals surface area contributed by atoms with Crippen molar-refractivity contribution in [1.82, 2.24) is 9.88 Å². The van der Waals surface area contributed by atoms with Crippen molar-refractivity contribution < 1.29 is 4.74 Å². The van der Waals surface area contributed by atoms with Crippen molar-refractivity contribution in [3.63, 3.8) is 0 Å². The fraction of sp³-hybridized carbons (Fsp3) is 0.500. The molecule has 1 aromatic heterocycles. The van der Waals surface area contributed by atoms with E-state index in [4.69, 9.17) is 21.3 Å². The van der Waals surface area contributed by atoms with Gasteiger partial charge in [0.2, 0.25) is 0 Å². The van der Waals surface area contributed by atoms with E-state index in [1.807, 2.05) is 18.2 Å². The van der Waals surface area contributed by atoms with Crippen LogP contribution in [0.2, 0.25) is 5.02 Å². The summed E-state index contributed by atoms with van der Waals surface area (Å²) in [6, 6.07) is 8.23. The first-order chi connectivity index (χ1) is 11.7. The Morgan fingerprint density at radius 1 is 0.958 bits per heavy atom. The van der Waals surface area contributed by atoms with Crippen LogP contribution in [0.5, 0.6) is 0 Å². The Morgan fingerprint density at radius 3 is 2.46 bits per heavy atom. The van der Waals surface area contributed by atoms with Crippen molar-refractivity contribution in [2.75, 3.05) is 69.3 Å². The molecule has 5 nitrogen and oxygen atoms in total. The topological polar surface area (TPSA) is 31.8 Å². The molecular formula is C18H23ClN4O. The molecule has 0 saturated carbocycles. The quantitative estimate of drug-likeness (QED) is 0.834. The molecule has 4 rings (SSSR count). The molecule has 2 saturated heterocycles. The van der Waals surface area contributed by atoms with E-state index in [0.29, 0.717) is 0 Å². The number of aromatic nitrogens is 1. The van der Waals surface area contributed by atoms with Crippen LogP contribution in [0.1, 0.15) is 0 Å². The van der Waals surface area contributed by atoms with Crippen LogP contribution in [-0.2, 0) is 4.74 Å². The van der Waals surface area contributed by atoms with E-state index in [2.05, 4.69) is 27.8 Å². The van der Waals surface area contributed by atoms with Crippen LogP contribution in [0.25, 0.3) is 10.9 Å². The van der Waals surface area contributed by atoms with Crippen LogP contribution in [0, 0.1) is 0 Å². The number of anilines is 2. The summed E-state index contributed by atoms with van der Waals surface area (Å²) in [5.41, 5.74) is 2.26. The Morgan fingerprint density at radius 2 is 1.71 bits per heavy atom. The Kier molecular flexibility index (Phi) is 4.48. The molecule has 0 N–H and O–H groups in total. The minimum absolute atomic E-state index is 0.763. The van der Waals surface area contributed by atoms with Crippen LogP contribution in [0.15, 0.2) is 24.3 Å². The lowest BCUT2D eigenvalue weighted by Gasteiger charge is -2.35. The third-order valence-corrected chi connectivity index (χ3v) is 5.15. The van der Waals surface area contributed by atoms with Crippen molar-refractivity contribution >= 4 is 34.0 Å². The number of ether oxygens (including phenoxy) is 1. The number of halogens is 1. The average Bonchev–Trinajstić information content (AvgIpc) is 2.62. The molecule has 0 spiro atoms. The van der Waals surface area contributed by atoms with Gasteiger partial charge in [0.15, 0.2) is 0 Å². The van der Waals surface area contributed by atoms with E-state index in [9.17, 15) is 0 Å². The zero-order chi connectivity index (χ0) is 16.5. The van der Waals surface area contributed by atoms with Crippen LogP contribution in [0.3, 0.4) is 0 Å². The minimum Gasteiger partial charge on any atom is -0.378 e. The molecule has 0 bridgehead atoms. The number of nitrogens with zero attached hydrogens (tertiary/aromatic N) is 4. The number of benzene rings is 1. The van der Waals surface area contributed by atoms with Gasteiger partial charge in [-0.25, -0.2) is 4.98 Å². The molecule has 1 aromatic carbocycles. The molecule has 3 heterocycles. The van der Waals surface area contributed by atoms with Gasteiger partial charge < -0.3 is 19.4 Å². The Balaban J connectivity index is 1.77. The monoisotopic (exact) mass is 346 g/mol. The SMILES string of the molecule is CN1CCN(c2cc(N3CCOCC3)nc3ccc(Cl)cc23)CC1. The zero-order valence-corrected chi connectivity index (χ0v) is 14.8. The van der Waals surface area contributed by atoms with E-state index in [0.717, 1.165) is 74.2 Å². The van der Waals surface area contributed by atoms with Crippen LogP contribution >= 0.6 is 11.6 Å². The van der Waals surface area contributed by atoms with Crippen LogP contribution < -0.4 is 9.80 Å². The van der Waals surface area contributed by atoms with E-state index in [1.54, 1.807) is 0 Å². The summed E-state index contributed by atoms with van der Waals surface area (Å²) in [6.07, 6.45) is 0. The third-order valence-electron chi connectivity index (χ3n) is 4.91. The van der Waals surface area contributed by atoms with Crippen molar-refractivity contribution in [2.45, 2.75) is 0 Å². The molecule has 0 amide bonds. The van der Waals surface area contributed by atoms with E-state index >= 15 is 0 Å². The number of likely N-dealkylation sites (N-methyl/N-ethyl adjacent to an activating group) is 1. The predicted octanol–water partition coefficient (Wildman–Crippen LogP) is 2.48. The van der Waals surface area contributed by atoms with Gasteiger partial charge in [0, 0.05) is 61.4 Å². The van der Waals surface area contributed by atoms with Gasteiger partial charge in [-0.05, 0) is 25.2 Å². The summed E-state index contributed by atoms with van der Waals surface area (Å²) in [4.78, 5) is 12.0. The smallest absolute Gasteiger partial charge is 0.131 e. The van der Waals surface area contributed by atoms with Crippen molar-refractivity contribution in [3.8, 4) is 0 Å². The summed E-state index contributed by atoms with van der Waals surface area (Å²) in [7, 11) is 2.18. The van der Waals surface area contributed by atoms with Crippen molar-refractivity contribution in [2.24, 2.45) is 0 Å². The zero-order valence-electron chi connectivity index (χ0n) is 14.0. The molecule has 2 aromatic rings. The molecule has 0 unspecified atom stereocenters. The van der Waals surface area contributed by atoms with Crippen LogP contribution in [-0.4, -0.2) is 69.4 Å². The molecule has 2 aliphatic rings. The average molecular weight is 347 g/mol. The summed E-state index contributed by atoms with van der Waals surface area (Å²) in [6.45, 7) is 7.56. The summed E-state index contributed by atoms with van der Waals surface area (Å²) in [5.74, 6) is 1.04. The van der Waals surface area contributed by atoms with Gasteiger partial charge >= 0.3 is 0 Å². The summed E-state index contributed by atoms with van der Waals surface area (Å²) >= 11 is 6.26. The van der Waals surface area contributed by atoms with Gasteiger partial charge in [-0.1, -0.05) is 11.6 Å². The number of pyridine rings is 1. The van der Waals surface area contributed by atoms with Gasteiger partial charge in [-0.2, -0.15) is 0 Å². The largest absolute Gasteiger partial charge is 0.378 e. The molecule has 2 fully saturated rings. The maximum atomic E-state index is 6.26. The highest BCUT2D eigenvalue weighted by molar-refractivity contribution is 6.31. The Labute approximate surface area is 147 Å². The number of morpholine rings is 1. The molecule has 0 atom stereocenters. The number of rotatable bonds is 2. The Hall–Kier alpha value is -1.56. The second-order valence-electron chi connectivity index (χ2n) is 6.55. The highest BCUT2D eigenvalue weighted by Crippen LogP contribution is 2.32. The fourth-order valence-corrected chi connectivity index (χ4v) is 3.60. The summed E-state index contributed by atoms with van der Waals surface area (Å²) < 4.78 is 5.48. The maximum Gasteiger partial charge on any atom is 0.131 e. The van der Waals surface area contributed by atoms with Crippen molar-refractivity contribution in [1.29, 1.82) is 0 Å². The first kappa shape index (κ1) is 15.9. The van der Waals surface area contributed by atoms with E-state index < -0.39 is 0 Å². The number of hydrogen-bond donors (Lipinski definition) is 0. The molecule has 128 valence electrons. The van der Waals surface area contributed by atoms with Gasteiger partial charge in [0.1, 0.15) is 5.82 Å². The number of fused-ring (bicyclic) bond motifs is 1. The van der Waals surface area contributed by atoms with E-state index in [-0.39, 0.29) is 0 Å². The molecule has 24 heavy (non-hydrogen) atoms.